The topological polar surface area (TPSA) is 50.4 Å². The largest absolute Gasteiger partial charge is 0.376 e. The molecule has 1 saturated carbocycles. The van der Waals surface area contributed by atoms with Gasteiger partial charge in [-0.1, -0.05) is 20.3 Å². The molecular weight excluding hydrogens is 247 g/mol. The van der Waals surface area contributed by atoms with Crippen molar-refractivity contribution in [3.63, 3.8) is 0 Å². The summed E-state index contributed by atoms with van der Waals surface area (Å²) in [5.74, 6) is -0.130. The predicted molar refractivity (Wildman–Crippen MR) is 71.7 cm³/mol. The minimum atomic E-state index is -1.11. The first kappa shape index (κ1) is 14.7. The second kappa shape index (κ2) is 5.75. The third-order valence-corrected chi connectivity index (χ3v) is 4.32. The maximum Gasteiger partial charge on any atom is 0.240 e. The fourth-order valence-corrected chi connectivity index (χ4v) is 3.32. The van der Waals surface area contributed by atoms with Crippen molar-refractivity contribution in [1.29, 1.82) is 0 Å². The molecule has 5 heteroatoms. The van der Waals surface area contributed by atoms with Gasteiger partial charge < -0.3 is 15.4 Å². The van der Waals surface area contributed by atoms with Crippen molar-refractivity contribution < 1.29 is 13.9 Å². The van der Waals surface area contributed by atoms with E-state index in [1.54, 1.807) is 0 Å². The van der Waals surface area contributed by atoms with E-state index in [-0.39, 0.29) is 23.9 Å². The van der Waals surface area contributed by atoms with E-state index >= 15 is 0 Å². The highest BCUT2D eigenvalue weighted by Gasteiger charge is 2.41. The van der Waals surface area contributed by atoms with Crippen LogP contribution in [-0.4, -0.2) is 43.9 Å². The quantitative estimate of drug-likeness (QED) is 0.816. The summed E-state index contributed by atoms with van der Waals surface area (Å²) >= 11 is 0. The highest BCUT2D eigenvalue weighted by atomic mass is 19.1. The van der Waals surface area contributed by atoms with E-state index in [2.05, 4.69) is 24.5 Å². The van der Waals surface area contributed by atoms with Crippen molar-refractivity contribution in [2.24, 2.45) is 5.41 Å². The standard InChI is InChI=1S/C14H25FN2O2/c1-14(2)6-4-5-9(7-14)17-13(18)11-12(19-3)10(15)8-16-11/h9-12,16H,4-8H2,1-3H3,(H,17,18)/t9?,10-,11-,12+/m0/s1. The van der Waals surface area contributed by atoms with E-state index in [9.17, 15) is 9.18 Å². The number of hydrogen-bond donors (Lipinski definition) is 2. The van der Waals surface area contributed by atoms with Crippen LogP contribution in [0.4, 0.5) is 4.39 Å². The summed E-state index contributed by atoms with van der Waals surface area (Å²) in [6, 6.07) is -0.362. The molecule has 2 rings (SSSR count). The van der Waals surface area contributed by atoms with Gasteiger partial charge in [0.1, 0.15) is 18.3 Å². The SMILES string of the molecule is CO[C@H]1[C@@H](C(=O)NC2CCCC(C)(C)C2)NC[C@@H]1F. The van der Waals surface area contributed by atoms with Crippen LogP contribution in [0.5, 0.6) is 0 Å². The summed E-state index contributed by atoms with van der Waals surface area (Å²) in [5.41, 5.74) is 0.280. The van der Waals surface area contributed by atoms with Gasteiger partial charge in [-0.15, -0.1) is 0 Å². The van der Waals surface area contributed by atoms with Crippen molar-refractivity contribution in [2.45, 2.75) is 63.9 Å². The molecule has 19 heavy (non-hydrogen) atoms. The van der Waals surface area contributed by atoms with Gasteiger partial charge in [-0.3, -0.25) is 4.79 Å². The normalized spacial score (nSPS) is 38.1. The molecule has 1 aliphatic carbocycles. The molecule has 2 N–H and O–H groups in total. The minimum Gasteiger partial charge on any atom is -0.376 e. The van der Waals surface area contributed by atoms with Crippen LogP contribution in [-0.2, 0) is 9.53 Å². The number of halogens is 1. The van der Waals surface area contributed by atoms with E-state index in [1.807, 2.05) is 0 Å². The number of rotatable bonds is 3. The van der Waals surface area contributed by atoms with Gasteiger partial charge >= 0.3 is 0 Å². The summed E-state index contributed by atoms with van der Waals surface area (Å²) in [5, 5.41) is 5.96. The molecule has 2 aliphatic rings. The zero-order valence-electron chi connectivity index (χ0n) is 12.0. The Labute approximate surface area is 114 Å². The van der Waals surface area contributed by atoms with Gasteiger partial charge in [-0.25, -0.2) is 4.39 Å². The highest BCUT2D eigenvalue weighted by molar-refractivity contribution is 5.83. The third-order valence-electron chi connectivity index (χ3n) is 4.32. The zero-order chi connectivity index (χ0) is 14.0. The van der Waals surface area contributed by atoms with Crippen molar-refractivity contribution in [3.05, 3.63) is 0 Å². The lowest BCUT2D eigenvalue weighted by Crippen LogP contribution is -2.51. The van der Waals surface area contributed by atoms with E-state index in [0.29, 0.717) is 0 Å². The average Bonchev–Trinajstić information content (AvgIpc) is 2.69. The number of carbonyl (C=O) groups is 1. The Bertz CT molecular complexity index is 335. The van der Waals surface area contributed by atoms with Crippen molar-refractivity contribution in [3.8, 4) is 0 Å². The summed E-state index contributed by atoms with van der Waals surface area (Å²) in [4.78, 5) is 12.2. The lowest BCUT2D eigenvalue weighted by molar-refractivity contribution is -0.127. The van der Waals surface area contributed by atoms with Crippen molar-refractivity contribution in [1.82, 2.24) is 10.6 Å². The first-order chi connectivity index (χ1) is 8.93. The lowest BCUT2D eigenvalue weighted by Gasteiger charge is -2.36. The monoisotopic (exact) mass is 272 g/mol. The maximum absolute atomic E-state index is 13.5. The fraction of sp³-hybridized carbons (Fsp3) is 0.929. The lowest BCUT2D eigenvalue weighted by atomic mass is 9.75. The van der Waals surface area contributed by atoms with Gasteiger partial charge in [0.15, 0.2) is 0 Å². The number of ether oxygens (including phenoxy) is 1. The third kappa shape index (κ3) is 3.45. The molecule has 4 atom stereocenters. The number of hydrogen-bond acceptors (Lipinski definition) is 3. The van der Waals surface area contributed by atoms with Crippen LogP contribution in [0.3, 0.4) is 0 Å². The Kier molecular flexibility index (Phi) is 4.46. The molecule has 0 aromatic carbocycles. The Morgan fingerprint density at radius 1 is 1.47 bits per heavy atom. The number of methoxy groups -OCH3 is 1. The van der Waals surface area contributed by atoms with Gasteiger partial charge in [0.25, 0.3) is 0 Å². The van der Waals surface area contributed by atoms with E-state index in [1.165, 1.54) is 13.5 Å². The van der Waals surface area contributed by atoms with Crippen LogP contribution in [0.25, 0.3) is 0 Å². The van der Waals surface area contributed by atoms with Gasteiger partial charge in [0, 0.05) is 19.7 Å². The van der Waals surface area contributed by atoms with Crippen LogP contribution in [0, 0.1) is 5.41 Å². The summed E-state index contributed by atoms with van der Waals surface area (Å²) in [6.45, 7) is 4.65. The summed E-state index contributed by atoms with van der Waals surface area (Å²) < 4.78 is 18.6. The van der Waals surface area contributed by atoms with Gasteiger partial charge in [-0.05, 0) is 24.7 Å². The highest BCUT2D eigenvalue weighted by Crippen LogP contribution is 2.35. The maximum atomic E-state index is 13.5. The molecule has 2 fully saturated rings. The summed E-state index contributed by atoms with van der Waals surface area (Å²) in [6.07, 6.45) is 2.56. The Balaban J connectivity index is 1.90. The Hall–Kier alpha value is -0.680. The molecule has 0 bridgehead atoms. The van der Waals surface area contributed by atoms with Crippen molar-refractivity contribution >= 4 is 5.91 Å². The van der Waals surface area contributed by atoms with Crippen LogP contribution in [0.2, 0.25) is 0 Å². The first-order valence-electron chi connectivity index (χ1n) is 7.13. The smallest absolute Gasteiger partial charge is 0.240 e. The second-order valence-electron chi connectivity index (χ2n) is 6.57. The molecule has 0 aromatic rings. The number of alkyl halides is 1. The predicted octanol–water partition coefficient (Wildman–Crippen LogP) is 1.40. The Morgan fingerprint density at radius 3 is 2.84 bits per heavy atom. The molecule has 1 saturated heterocycles. The number of nitrogens with one attached hydrogen (secondary N) is 2. The van der Waals surface area contributed by atoms with Gasteiger partial charge in [0.2, 0.25) is 5.91 Å². The number of carbonyl (C=O) groups excluding carboxylic acids is 1. The second-order valence-corrected chi connectivity index (χ2v) is 6.57. The van der Waals surface area contributed by atoms with Crippen LogP contribution in [0.15, 0.2) is 0 Å². The number of amides is 1. The fourth-order valence-electron chi connectivity index (χ4n) is 3.32. The van der Waals surface area contributed by atoms with Gasteiger partial charge in [-0.2, -0.15) is 0 Å². The zero-order valence-corrected chi connectivity index (χ0v) is 12.0. The molecule has 1 amide bonds. The minimum absolute atomic E-state index is 0.130. The molecule has 110 valence electrons. The molecular formula is C14H25FN2O2. The molecule has 1 aliphatic heterocycles. The van der Waals surface area contributed by atoms with E-state index in [4.69, 9.17) is 4.74 Å². The summed E-state index contributed by atoms with van der Waals surface area (Å²) in [7, 11) is 1.45. The Morgan fingerprint density at radius 2 is 2.21 bits per heavy atom. The molecule has 1 heterocycles. The molecule has 1 unspecified atom stereocenters. The van der Waals surface area contributed by atoms with Crippen molar-refractivity contribution in [2.75, 3.05) is 13.7 Å². The van der Waals surface area contributed by atoms with E-state index in [0.717, 1.165) is 19.3 Å². The molecule has 4 nitrogen and oxygen atoms in total. The average molecular weight is 272 g/mol. The molecule has 0 aromatic heterocycles. The molecule has 0 spiro atoms. The van der Waals surface area contributed by atoms with Crippen LogP contribution in [0.1, 0.15) is 39.5 Å². The van der Waals surface area contributed by atoms with Crippen LogP contribution < -0.4 is 10.6 Å². The van der Waals surface area contributed by atoms with E-state index < -0.39 is 18.3 Å². The van der Waals surface area contributed by atoms with Crippen LogP contribution >= 0.6 is 0 Å². The van der Waals surface area contributed by atoms with Gasteiger partial charge in [0.05, 0.1) is 0 Å². The first-order valence-corrected chi connectivity index (χ1v) is 7.13. The molecule has 0 radical (unpaired) electrons.